The highest BCUT2D eigenvalue weighted by Crippen LogP contribution is 2.26. The van der Waals surface area contributed by atoms with E-state index in [9.17, 15) is 0 Å². The van der Waals surface area contributed by atoms with Crippen LogP contribution in [-0.4, -0.2) is 79.6 Å². The Balaban J connectivity index is 0.000000114. The molecule has 0 radical (unpaired) electrons. The monoisotopic (exact) mass is 1080 g/mol. The van der Waals surface area contributed by atoms with Crippen molar-refractivity contribution < 1.29 is 0 Å². The molecular weight excluding hydrogens is 1030 g/mol. The largest absolute Gasteiger partial charge is 0.367 e. The van der Waals surface area contributed by atoms with Gasteiger partial charge < -0.3 is 29.9 Å². The quantitative estimate of drug-likeness (QED) is 0.0501. The third-order valence-corrected chi connectivity index (χ3v) is 14.5. The van der Waals surface area contributed by atoms with Crippen LogP contribution in [0.15, 0.2) is 259 Å². The van der Waals surface area contributed by atoms with Gasteiger partial charge in [0.05, 0.1) is 49.7 Å². The number of aromatic amines is 6. The molecular formula is C64H50N14S2. The molecule has 6 N–H and O–H groups in total. The minimum Gasteiger partial charge on any atom is -0.367 e. The molecule has 0 aliphatic rings. The van der Waals surface area contributed by atoms with Crippen molar-refractivity contribution >= 4 is 136 Å². The molecule has 0 aliphatic carbocycles. The Bertz CT molecular complexity index is 4060. The van der Waals surface area contributed by atoms with Gasteiger partial charge in [-0.2, -0.15) is 40.8 Å². The van der Waals surface area contributed by atoms with Gasteiger partial charge in [0.25, 0.3) is 0 Å². The average Bonchev–Trinajstić information content (AvgIpc) is 4.37. The van der Waals surface area contributed by atoms with Crippen molar-refractivity contribution in [3.63, 3.8) is 0 Å². The van der Waals surface area contributed by atoms with Crippen molar-refractivity contribution in [2.75, 3.05) is 0 Å². The zero-order valence-electron chi connectivity index (χ0n) is 42.8. The van der Waals surface area contributed by atoms with Crippen molar-refractivity contribution in [1.29, 1.82) is 0 Å². The first-order valence-corrected chi connectivity index (χ1v) is 27.1. The van der Waals surface area contributed by atoms with Crippen LogP contribution in [0.25, 0.3) is 63.8 Å². The number of para-hydroxylation sites is 2. The lowest BCUT2D eigenvalue weighted by atomic mass is 10.2. The molecule has 16 heteroatoms. The van der Waals surface area contributed by atoms with Gasteiger partial charge in [0.2, 0.25) is 0 Å². The van der Waals surface area contributed by atoms with Crippen LogP contribution in [0, 0.1) is 0 Å². The minimum atomic E-state index is 1.01. The summed E-state index contributed by atoms with van der Waals surface area (Å²) >= 11 is 3.46. The second-order valence-electron chi connectivity index (χ2n) is 17.8. The van der Waals surface area contributed by atoms with Gasteiger partial charge >= 0.3 is 0 Å². The van der Waals surface area contributed by atoms with Crippen molar-refractivity contribution in [3.05, 3.63) is 263 Å². The fraction of sp³-hybridized carbons (Fsp3) is 0. The Labute approximate surface area is 466 Å². The summed E-state index contributed by atoms with van der Waals surface area (Å²) < 4.78 is 2.55. The van der Waals surface area contributed by atoms with Crippen LogP contribution in [0.2, 0.25) is 0 Å². The molecule has 0 atom stereocenters. The Morgan fingerprint density at radius 1 is 0.287 bits per heavy atom. The van der Waals surface area contributed by atoms with Crippen LogP contribution in [0.1, 0.15) is 44.5 Å². The van der Waals surface area contributed by atoms with Crippen LogP contribution < -0.4 is 0 Å². The summed E-state index contributed by atoms with van der Waals surface area (Å²) in [5, 5.41) is 44.1. The van der Waals surface area contributed by atoms with Gasteiger partial charge in [-0.1, -0.05) is 84.9 Å². The molecule has 14 rings (SSSR count). The van der Waals surface area contributed by atoms with Gasteiger partial charge in [0.1, 0.15) is 0 Å². The van der Waals surface area contributed by atoms with Gasteiger partial charge in [-0.25, -0.2) is 0 Å². The molecule has 8 heterocycles. The number of hydrogen-bond acceptors (Lipinski definition) is 10. The molecule has 6 aromatic carbocycles. The fourth-order valence-corrected chi connectivity index (χ4v) is 10.3. The molecule has 0 amide bonds. The normalized spacial score (nSPS) is 12.1. The van der Waals surface area contributed by atoms with Gasteiger partial charge in [-0.05, 0) is 94.7 Å². The van der Waals surface area contributed by atoms with Gasteiger partial charge in [-0.3, -0.25) is 0 Å². The van der Waals surface area contributed by atoms with E-state index in [1.165, 1.54) is 30.9 Å². The van der Waals surface area contributed by atoms with E-state index in [0.29, 0.717) is 0 Å². The molecule has 0 spiro atoms. The summed E-state index contributed by atoms with van der Waals surface area (Å²) in [6.07, 6.45) is 29.2. The van der Waals surface area contributed by atoms with Crippen molar-refractivity contribution in [2.24, 2.45) is 40.8 Å². The average molecular weight is 1080 g/mol. The lowest BCUT2D eigenvalue weighted by molar-refractivity contribution is 1.26. The highest BCUT2D eigenvalue weighted by Gasteiger charge is 2.04. The standard InChI is InChI=1S/2C18H14N4.C18H12N2S2.C10H10N4/c1-3-17-15(5-7-19-17)9-13(1)11-21-22-12-14-2-4-18-16(10-14)6-8-20-18;1-3-7-17-15(5-1)13(9-19-17)11-21-22-12-14-10-20-18-8-4-2-6-16(14)18;1-3-7-17-15(5-1)13(11-21-17)9-19-20-10-14-12-22-18-8-4-2-6-16(14)18;1-3-11-5-9(1)7-13-14-8-10-2-4-12-6-10/h2*1-12,19-20H;1-12H;1-8,11-12H/b2*21-11+,22-12+;19-9+,20-10+;13-7+,14-8+. The van der Waals surface area contributed by atoms with Crippen LogP contribution in [0.4, 0.5) is 0 Å². The van der Waals surface area contributed by atoms with E-state index in [-0.39, 0.29) is 0 Å². The summed E-state index contributed by atoms with van der Waals surface area (Å²) in [6, 6.07) is 53.2. The Morgan fingerprint density at radius 3 is 1.11 bits per heavy atom. The van der Waals surface area contributed by atoms with E-state index >= 15 is 0 Å². The fourth-order valence-electron chi connectivity index (χ4n) is 8.52. The number of nitrogens with zero attached hydrogens (tertiary/aromatic N) is 8. The maximum atomic E-state index is 4.20. The predicted octanol–water partition coefficient (Wildman–Crippen LogP) is 15.6. The van der Waals surface area contributed by atoms with E-state index < -0.39 is 0 Å². The first-order valence-electron chi connectivity index (χ1n) is 25.4. The first kappa shape index (κ1) is 51.4. The number of hydrogen-bond donors (Lipinski definition) is 6. The van der Waals surface area contributed by atoms with Crippen LogP contribution >= 0.6 is 22.7 Å². The molecule has 0 fully saturated rings. The number of nitrogens with one attached hydrogen (secondary N) is 6. The molecule has 80 heavy (non-hydrogen) atoms. The van der Waals surface area contributed by atoms with Gasteiger partial charge in [-0.15, -0.1) is 22.7 Å². The molecule has 0 saturated carbocycles. The van der Waals surface area contributed by atoms with Crippen LogP contribution in [-0.2, 0) is 0 Å². The summed E-state index contributed by atoms with van der Waals surface area (Å²) in [5.41, 5.74) is 12.8. The van der Waals surface area contributed by atoms with E-state index in [1.54, 1.807) is 60.0 Å². The zero-order valence-corrected chi connectivity index (χ0v) is 44.4. The molecule has 8 aromatic heterocycles. The van der Waals surface area contributed by atoms with E-state index in [0.717, 1.165) is 77.3 Å². The van der Waals surface area contributed by atoms with Crippen molar-refractivity contribution in [1.82, 2.24) is 29.9 Å². The lowest BCUT2D eigenvalue weighted by Crippen LogP contribution is -1.82. The second-order valence-corrected chi connectivity index (χ2v) is 19.7. The molecule has 0 aliphatic heterocycles. The molecule has 0 bridgehead atoms. The lowest BCUT2D eigenvalue weighted by Gasteiger charge is -1.93. The summed E-state index contributed by atoms with van der Waals surface area (Å²) in [6.45, 7) is 0. The topological polar surface area (TPSA) is 194 Å². The molecule has 14 aromatic rings. The number of thiophene rings is 2. The number of H-pyrrole nitrogens is 6. The first-order chi connectivity index (χ1) is 39.7. The molecule has 0 unspecified atom stereocenters. The minimum absolute atomic E-state index is 1.01. The highest BCUT2D eigenvalue weighted by molar-refractivity contribution is 7.17. The SMILES string of the molecule is C(=N\N=C\c1c[nH]c2ccccc12)/c1c[nH]c2ccccc12.C(=N\N=C\c1cc[nH]c1)/c1cc[nH]c1.C(=N\N=C\c1ccc2[nH]ccc2c1)/c1ccc2[nH]ccc2c1.C(=N\N=C\c1csc2ccccc12)/c1csc2ccccc12. The smallest absolute Gasteiger partial charge is 0.0589 e. The summed E-state index contributed by atoms with van der Waals surface area (Å²) in [7, 11) is 0. The molecule has 388 valence electrons. The van der Waals surface area contributed by atoms with Crippen molar-refractivity contribution in [3.8, 4) is 0 Å². The third-order valence-electron chi connectivity index (χ3n) is 12.5. The number of benzene rings is 6. The maximum Gasteiger partial charge on any atom is 0.0589 e. The van der Waals surface area contributed by atoms with Crippen LogP contribution in [0.5, 0.6) is 0 Å². The molecule has 14 nitrogen and oxygen atoms in total. The zero-order chi connectivity index (χ0) is 54.0. The summed E-state index contributed by atoms with van der Waals surface area (Å²) in [5.74, 6) is 0. The van der Waals surface area contributed by atoms with E-state index in [1.807, 2.05) is 159 Å². The van der Waals surface area contributed by atoms with Crippen LogP contribution in [0.3, 0.4) is 0 Å². The van der Waals surface area contributed by atoms with E-state index in [2.05, 4.69) is 142 Å². The van der Waals surface area contributed by atoms with Crippen molar-refractivity contribution in [2.45, 2.75) is 0 Å². The third kappa shape index (κ3) is 13.3. The Kier molecular flexibility index (Phi) is 16.7. The Hall–Kier alpha value is -10.7. The number of fused-ring (bicyclic) bond motifs is 6. The predicted molar refractivity (Wildman–Crippen MR) is 339 cm³/mol. The maximum absolute atomic E-state index is 4.20. The number of aromatic nitrogens is 6. The highest BCUT2D eigenvalue weighted by atomic mass is 32.1. The van der Waals surface area contributed by atoms with Gasteiger partial charge in [0.15, 0.2) is 0 Å². The number of rotatable bonds is 12. The second kappa shape index (κ2) is 25.9. The van der Waals surface area contributed by atoms with E-state index in [4.69, 9.17) is 0 Å². The Morgan fingerprint density at radius 2 is 0.675 bits per heavy atom. The van der Waals surface area contributed by atoms with Gasteiger partial charge in [0, 0.05) is 147 Å². The summed E-state index contributed by atoms with van der Waals surface area (Å²) in [4.78, 5) is 18.7. The molecule has 0 saturated heterocycles.